The number of aliphatic hydroxyl groups is 1. The fraction of sp³-hybridized carbons (Fsp3) is 0.188. The van der Waals surface area contributed by atoms with Gasteiger partial charge in [0, 0.05) is 0 Å². The van der Waals surface area contributed by atoms with E-state index in [0.29, 0.717) is 5.46 Å². The van der Waals surface area contributed by atoms with Crippen molar-refractivity contribution in [2.45, 2.75) is 38.9 Å². The van der Waals surface area contributed by atoms with Crippen molar-refractivity contribution in [3.63, 3.8) is 0 Å². The Labute approximate surface area is 214 Å². The van der Waals surface area contributed by atoms with Gasteiger partial charge in [0.25, 0.3) is 0 Å². The van der Waals surface area contributed by atoms with E-state index in [-0.39, 0.29) is 0 Å². The maximum absolute atomic E-state index is 10.8. The Kier molecular flexibility index (Phi) is 7.60. The SMILES string of the molecule is CC(C)(O)C(C)(C)OB(O)c1ccc(C(=C(c2ccccc2)c2ccccc2)c2ccccc2)cc1. The molecule has 4 rings (SSSR count). The first-order valence-electron chi connectivity index (χ1n) is 12.3. The summed E-state index contributed by atoms with van der Waals surface area (Å²) in [4.78, 5) is 0. The summed E-state index contributed by atoms with van der Waals surface area (Å²) in [6.07, 6.45) is 0. The van der Waals surface area contributed by atoms with Gasteiger partial charge in [0.05, 0.1) is 11.2 Å². The molecule has 0 saturated carbocycles. The second kappa shape index (κ2) is 10.7. The molecule has 0 atom stereocenters. The van der Waals surface area contributed by atoms with Gasteiger partial charge in [0.1, 0.15) is 0 Å². The average Bonchev–Trinajstić information content (AvgIpc) is 2.88. The lowest BCUT2D eigenvalue weighted by atomic mass is 9.75. The van der Waals surface area contributed by atoms with Crippen molar-refractivity contribution < 1.29 is 14.8 Å². The van der Waals surface area contributed by atoms with Crippen LogP contribution in [0.2, 0.25) is 0 Å². The molecule has 0 spiro atoms. The molecule has 0 saturated heterocycles. The molecule has 4 heteroatoms. The highest BCUT2D eigenvalue weighted by Crippen LogP contribution is 2.36. The van der Waals surface area contributed by atoms with Crippen LogP contribution in [-0.2, 0) is 4.65 Å². The van der Waals surface area contributed by atoms with E-state index in [0.717, 1.165) is 33.4 Å². The third-order valence-corrected chi connectivity index (χ3v) is 6.80. The summed E-state index contributed by atoms with van der Waals surface area (Å²) < 4.78 is 5.85. The lowest BCUT2D eigenvalue weighted by molar-refractivity contribution is -0.0982. The van der Waals surface area contributed by atoms with Gasteiger partial charge < -0.3 is 14.8 Å². The molecule has 0 aliphatic heterocycles. The van der Waals surface area contributed by atoms with Crippen LogP contribution in [0.25, 0.3) is 11.1 Å². The number of hydrogen-bond donors (Lipinski definition) is 2. The molecule has 0 bridgehead atoms. The van der Waals surface area contributed by atoms with Crippen LogP contribution in [0, 0.1) is 0 Å². The molecule has 36 heavy (non-hydrogen) atoms. The van der Waals surface area contributed by atoms with E-state index in [4.69, 9.17) is 4.65 Å². The predicted octanol–water partition coefficient (Wildman–Crippen LogP) is 5.95. The average molecular weight is 476 g/mol. The Morgan fingerprint density at radius 2 is 0.889 bits per heavy atom. The zero-order valence-electron chi connectivity index (χ0n) is 21.3. The lowest BCUT2D eigenvalue weighted by Gasteiger charge is -2.38. The summed E-state index contributed by atoms with van der Waals surface area (Å²) in [7, 11) is -1.16. The van der Waals surface area contributed by atoms with Gasteiger partial charge in [-0.3, -0.25) is 0 Å². The van der Waals surface area contributed by atoms with E-state index in [1.165, 1.54) is 0 Å². The summed E-state index contributed by atoms with van der Waals surface area (Å²) >= 11 is 0. The van der Waals surface area contributed by atoms with Crippen molar-refractivity contribution in [1.29, 1.82) is 0 Å². The quantitative estimate of drug-likeness (QED) is 0.244. The molecule has 3 nitrogen and oxygen atoms in total. The van der Waals surface area contributed by atoms with Gasteiger partial charge >= 0.3 is 7.12 Å². The monoisotopic (exact) mass is 476 g/mol. The maximum Gasteiger partial charge on any atom is 0.491 e. The molecule has 0 heterocycles. The second-order valence-electron chi connectivity index (χ2n) is 10.0. The summed E-state index contributed by atoms with van der Waals surface area (Å²) in [5.74, 6) is 0. The predicted molar refractivity (Wildman–Crippen MR) is 150 cm³/mol. The van der Waals surface area contributed by atoms with Crippen LogP contribution in [0.4, 0.5) is 0 Å². The van der Waals surface area contributed by atoms with Gasteiger partial charge in [-0.2, -0.15) is 0 Å². The summed E-state index contributed by atoms with van der Waals surface area (Å²) in [5, 5.41) is 21.2. The Morgan fingerprint density at radius 3 is 1.22 bits per heavy atom. The normalized spacial score (nSPS) is 11.7. The van der Waals surface area contributed by atoms with E-state index < -0.39 is 18.3 Å². The standard InChI is InChI=1S/C32H33BO3/c1-31(2,34)32(3,4)36-33(35)28-22-20-27(21-23-28)30(26-18-12-7-13-19-26)29(24-14-8-5-9-15-24)25-16-10-6-11-17-25/h5-23,34-35H,1-4H3. The van der Waals surface area contributed by atoms with Crippen LogP contribution in [0.3, 0.4) is 0 Å². The zero-order chi connectivity index (χ0) is 25.8. The highest BCUT2D eigenvalue weighted by atomic mass is 16.5. The largest absolute Gasteiger partial charge is 0.491 e. The molecule has 0 aliphatic carbocycles. The Hall–Kier alpha value is -3.44. The van der Waals surface area contributed by atoms with Gasteiger partial charge in [-0.1, -0.05) is 115 Å². The molecule has 4 aromatic carbocycles. The molecular weight excluding hydrogens is 443 g/mol. The molecule has 0 aromatic heterocycles. The minimum atomic E-state index is -1.16. The van der Waals surface area contributed by atoms with E-state index in [1.54, 1.807) is 27.7 Å². The minimum Gasteiger partial charge on any atom is -0.423 e. The van der Waals surface area contributed by atoms with E-state index in [1.807, 2.05) is 54.6 Å². The fourth-order valence-electron chi connectivity index (χ4n) is 4.03. The van der Waals surface area contributed by atoms with E-state index >= 15 is 0 Å². The van der Waals surface area contributed by atoms with Crippen LogP contribution in [0.5, 0.6) is 0 Å². The first kappa shape index (κ1) is 25.7. The van der Waals surface area contributed by atoms with Crippen LogP contribution < -0.4 is 5.46 Å². The molecular formula is C32H33BO3. The van der Waals surface area contributed by atoms with E-state index in [2.05, 4.69) is 60.7 Å². The molecule has 0 fully saturated rings. The molecule has 2 N–H and O–H groups in total. The van der Waals surface area contributed by atoms with Crippen molar-refractivity contribution in [3.8, 4) is 0 Å². The Morgan fingerprint density at radius 1 is 0.556 bits per heavy atom. The molecule has 4 aromatic rings. The molecule has 0 amide bonds. The third-order valence-electron chi connectivity index (χ3n) is 6.80. The van der Waals surface area contributed by atoms with Crippen molar-refractivity contribution in [2.24, 2.45) is 0 Å². The lowest BCUT2D eigenvalue weighted by Crippen LogP contribution is -2.53. The number of benzene rings is 4. The zero-order valence-corrected chi connectivity index (χ0v) is 21.3. The fourth-order valence-corrected chi connectivity index (χ4v) is 4.03. The summed E-state index contributed by atoms with van der Waals surface area (Å²) in [5.41, 5.74) is 5.20. The van der Waals surface area contributed by atoms with Gasteiger partial charge in [0.2, 0.25) is 0 Å². The molecule has 0 aliphatic rings. The first-order valence-corrected chi connectivity index (χ1v) is 12.3. The van der Waals surface area contributed by atoms with Crippen molar-refractivity contribution in [1.82, 2.24) is 0 Å². The second-order valence-corrected chi connectivity index (χ2v) is 10.0. The Balaban J connectivity index is 1.84. The van der Waals surface area contributed by atoms with Crippen LogP contribution in [0.15, 0.2) is 115 Å². The van der Waals surface area contributed by atoms with Gasteiger partial charge in [-0.15, -0.1) is 0 Å². The smallest absolute Gasteiger partial charge is 0.423 e. The van der Waals surface area contributed by atoms with Crippen molar-refractivity contribution in [2.75, 3.05) is 0 Å². The van der Waals surface area contributed by atoms with Gasteiger partial charge in [0.15, 0.2) is 0 Å². The van der Waals surface area contributed by atoms with Crippen molar-refractivity contribution >= 4 is 23.7 Å². The maximum atomic E-state index is 10.8. The molecule has 0 radical (unpaired) electrons. The Bertz CT molecular complexity index is 1250. The van der Waals surface area contributed by atoms with Crippen molar-refractivity contribution in [3.05, 3.63) is 138 Å². The molecule has 0 unspecified atom stereocenters. The number of rotatable bonds is 8. The summed E-state index contributed by atoms with van der Waals surface area (Å²) in [6.45, 7) is 6.89. The van der Waals surface area contributed by atoms with E-state index in [9.17, 15) is 10.1 Å². The highest BCUT2D eigenvalue weighted by Gasteiger charge is 2.39. The van der Waals surface area contributed by atoms with Crippen LogP contribution in [-0.4, -0.2) is 28.5 Å². The minimum absolute atomic E-state index is 0.629. The van der Waals surface area contributed by atoms with Crippen LogP contribution in [0.1, 0.15) is 49.9 Å². The summed E-state index contributed by atoms with van der Waals surface area (Å²) in [6, 6.07) is 39.0. The van der Waals surface area contributed by atoms with Gasteiger partial charge in [-0.05, 0) is 66.6 Å². The third kappa shape index (κ3) is 5.68. The highest BCUT2D eigenvalue weighted by molar-refractivity contribution is 6.60. The topological polar surface area (TPSA) is 49.7 Å². The molecule has 182 valence electrons. The van der Waals surface area contributed by atoms with Crippen LogP contribution >= 0.6 is 0 Å². The van der Waals surface area contributed by atoms with Gasteiger partial charge in [-0.25, -0.2) is 0 Å². The number of hydrogen-bond acceptors (Lipinski definition) is 3. The first-order chi connectivity index (χ1) is 17.2.